The Kier molecular flexibility index (Phi) is 5.48. The fraction of sp³-hybridized carbons (Fsp3) is 0.474. The van der Waals surface area contributed by atoms with E-state index in [-0.39, 0.29) is 41.5 Å². The van der Waals surface area contributed by atoms with E-state index in [1.807, 2.05) is 6.92 Å². The molecule has 1 aromatic carbocycles. The van der Waals surface area contributed by atoms with Gasteiger partial charge in [0.15, 0.2) is 11.6 Å². The molecule has 10 heteroatoms. The number of aromatic nitrogens is 1. The Labute approximate surface area is 171 Å². The summed E-state index contributed by atoms with van der Waals surface area (Å²) in [5.74, 6) is -3.12. The van der Waals surface area contributed by atoms with E-state index in [2.05, 4.69) is 0 Å². The molecule has 5 N–H and O–H groups in total. The van der Waals surface area contributed by atoms with Crippen LogP contribution in [0.25, 0.3) is 10.9 Å². The monoisotopic (exact) mass is 428 g/mol. The van der Waals surface area contributed by atoms with Crippen LogP contribution in [0, 0.1) is 23.5 Å². The van der Waals surface area contributed by atoms with Crippen LogP contribution in [-0.2, 0) is 0 Å². The predicted molar refractivity (Wildman–Crippen MR) is 109 cm³/mol. The average Bonchev–Trinajstić information content (AvgIpc) is 3.42. The van der Waals surface area contributed by atoms with Gasteiger partial charge in [-0.15, -0.1) is 12.4 Å². The molecular formula is C19H23ClF2N4O3. The van der Waals surface area contributed by atoms with Crippen LogP contribution in [0.3, 0.4) is 0 Å². The van der Waals surface area contributed by atoms with Gasteiger partial charge in [0.05, 0.1) is 16.6 Å². The van der Waals surface area contributed by atoms with Crippen molar-refractivity contribution in [2.45, 2.75) is 25.8 Å². The largest absolute Gasteiger partial charge is 0.477 e. The van der Waals surface area contributed by atoms with Gasteiger partial charge in [-0.2, -0.15) is 0 Å². The highest BCUT2D eigenvalue weighted by Gasteiger charge is 2.36. The number of hydrogen-bond donors (Lipinski definition) is 3. The highest BCUT2D eigenvalue weighted by atomic mass is 35.5. The van der Waals surface area contributed by atoms with Gasteiger partial charge in [0.25, 0.3) is 0 Å². The molecule has 1 saturated carbocycles. The molecule has 29 heavy (non-hydrogen) atoms. The fourth-order valence-electron chi connectivity index (χ4n) is 4.15. The lowest BCUT2D eigenvalue weighted by molar-refractivity contribution is 0.0695. The van der Waals surface area contributed by atoms with Crippen molar-refractivity contribution in [2.75, 3.05) is 30.3 Å². The SMILES string of the molecule is C[C@H]1CN(c2c(F)c(N)c3c(=O)c(C(=O)O)cn(C4CC4)c3c2F)C[C@H]1CN.Cl. The maximum atomic E-state index is 15.6. The molecule has 2 heterocycles. The zero-order chi connectivity index (χ0) is 20.3. The van der Waals surface area contributed by atoms with Gasteiger partial charge in [-0.1, -0.05) is 6.92 Å². The van der Waals surface area contributed by atoms with Crippen molar-refractivity contribution in [2.24, 2.45) is 17.6 Å². The van der Waals surface area contributed by atoms with Crippen molar-refractivity contribution in [3.05, 3.63) is 33.6 Å². The minimum atomic E-state index is -1.45. The number of carbonyl (C=O) groups is 1. The summed E-state index contributed by atoms with van der Waals surface area (Å²) in [7, 11) is 0. The second kappa shape index (κ2) is 7.46. The standard InChI is InChI=1S/C19H22F2N4O3.ClH/c1-8-5-24(6-9(8)4-22)17-13(20)15(23)12-16(14(17)21)25(10-2-3-10)7-11(18(12)26)19(27)28;/h7-10H,2-6,22-23H2,1H3,(H,27,28);1H/t8-,9+;/m0./s1. The first-order chi connectivity index (χ1) is 13.3. The Balaban J connectivity index is 0.00000240. The van der Waals surface area contributed by atoms with Crippen LogP contribution in [0.4, 0.5) is 20.2 Å². The molecule has 0 unspecified atom stereocenters. The van der Waals surface area contributed by atoms with Crippen molar-refractivity contribution in [1.82, 2.24) is 4.57 Å². The Morgan fingerprint density at radius 1 is 1.28 bits per heavy atom. The van der Waals surface area contributed by atoms with Gasteiger partial charge in [0, 0.05) is 25.3 Å². The fourth-order valence-corrected chi connectivity index (χ4v) is 4.15. The number of anilines is 2. The maximum Gasteiger partial charge on any atom is 0.341 e. The van der Waals surface area contributed by atoms with E-state index in [1.165, 1.54) is 4.57 Å². The number of fused-ring (bicyclic) bond motifs is 1. The number of nitrogens with two attached hydrogens (primary N) is 2. The minimum Gasteiger partial charge on any atom is -0.477 e. The van der Waals surface area contributed by atoms with Crippen LogP contribution in [0.5, 0.6) is 0 Å². The smallest absolute Gasteiger partial charge is 0.341 e. The highest BCUT2D eigenvalue weighted by Crippen LogP contribution is 2.42. The molecule has 4 rings (SSSR count). The topological polar surface area (TPSA) is 115 Å². The Bertz CT molecular complexity index is 1050. The molecule has 2 atom stereocenters. The predicted octanol–water partition coefficient (Wildman–Crippen LogP) is 2.35. The molecule has 0 spiro atoms. The van der Waals surface area contributed by atoms with E-state index in [9.17, 15) is 14.7 Å². The van der Waals surface area contributed by atoms with E-state index >= 15 is 8.78 Å². The zero-order valence-corrected chi connectivity index (χ0v) is 16.6. The van der Waals surface area contributed by atoms with Crippen molar-refractivity contribution >= 4 is 40.7 Å². The second-order valence-corrected chi connectivity index (χ2v) is 7.81. The van der Waals surface area contributed by atoms with Gasteiger partial charge in [-0.25, -0.2) is 13.6 Å². The molecule has 158 valence electrons. The number of carboxylic acids is 1. The van der Waals surface area contributed by atoms with E-state index in [1.54, 1.807) is 4.90 Å². The first-order valence-electron chi connectivity index (χ1n) is 9.29. The molecule has 1 aliphatic heterocycles. The summed E-state index contributed by atoms with van der Waals surface area (Å²) >= 11 is 0. The number of nitrogens with zero attached hydrogens (tertiary/aromatic N) is 2. The van der Waals surface area contributed by atoms with Crippen LogP contribution in [0.1, 0.15) is 36.2 Å². The molecule has 1 saturated heterocycles. The molecule has 2 fully saturated rings. The molecule has 2 aliphatic rings. The van der Waals surface area contributed by atoms with Gasteiger partial charge >= 0.3 is 5.97 Å². The first kappa shape index (κ1) is 21.3. The quantitative estimate of drug-likeness (QED) is 0.644. The van der Waals surface area contributed by atoms with Crippen molar-refractivity contribution < 1.29 is 18.7 Å². The highest BCUT2D eigenvalue weighted by molar-refractivity contribution is 5.99. The molecule has 2 aromatic rings. The minimum absolute atomic E-state index is 0. The number of aromatic carboxylic acids is 1. The number of carboxylic acid groups (broad SMARTS) is 1. The van der Waals surface area contributed by atoms with Crippen LogP contribution in [0.15, 0.2) is 11.0 Å². The van der Waals surface area contributed by atoms with Crippen molar-refractivity contribution in [3.8, 4) is 0 Å². The van der Waals surface area contributed by atoms with E-state index < -0.39 is 39.7 Å². The van der Waals surface area contributed by atoms with Gasteiger partial charge in [-0.3, -0.25) is 4.79 Å². The third-order valence-electron chi connectivity index (χ3n) is 5.92. The Morgan fingerprint density at radius 2 is 1.93 bits per heavy atom. The zero-order valence-electron chi connectivity index (χ0n) is 15.8. The Morgan fingerprint density at radius 3 is 2.45 bits per heavy atom. The van der Waals surface area contributed by atoms with Crippen LogP contribution in [-0.4, -0.2) is 35.3 Å². The lowest BCUT2D eigenvalue weighted by Gasteiger charge is -2.23. The van der Waals surface area contributed by atoms with Crippen molar-refractivity contribution in [1.29, 1.82) is 0 Å². The molecular weight excluding hydrogens is 406 g/mol. The average molecular weight is 429 g/mol. The third-order valence-corrected chi connectivity index (χ3v) is 5.92. The normalized spacial score (nSPS) is 21.4. The van der Waals surface area contributed by atoms with Gasteiger partial charge in [0.1, 0.15) is 11.3 Å². The summed E-state index contributed by atoms with van der Waals surface area (Å²) in [6, 6.07) is -0.136. The maximum absolute atomic E-state index is 15.6. The molecule has 0 bridgehead atoms. The van der Waals surface area contributed by atoms with Crippen LogP contribution >= 0.6 is 12.4 Å². The van der Waals surface area contributed by atoms with E-state index in [0.29, 0.717) is 19.6 Å². The van der Waals surface area contributed by atoms with Crippen molar-refractivity contribution in [3.63, 3.8) is 0 Å². The number of pyridine rings is 1. The summed E-state index contributed by atoms with van der Waals surface area (Å²) < 4.78 is 32.2. The molecule has 0 radical (unpaired) electrons. The first-order valence-corrected chi connectivity index (χ1v) is 9.29. The molecule has 7 nitrogen and oxygen atoms in total. The van der Waals surface area contributed by atoms with Crippen LogP contribution in [0.2, 0.25) is 0 Å². The third kappa shape index (κ3) is 3.22. The van der Waals surface area contributed by atoms with Gasteiger partial charge in [0.2, 0.25) is 5.43 Å². The summed E-state index contributed by atoms with van der Waals surface area (Å²) in [5.41, 5.74) is 9.23. The molecule has 1 aromatic heterocycles. The van der Waals surface area contributed by atoms with E-state index in [0.717, 1.165) is 19.0 Å². The summed E-state index contributed by atoms with van der Waals surface area (Å²) in [5, 5.41) is 8.92. The number of nitrogen functional groups attached to an aromatic ring is 1. The number of benzene rings is 1. The number of rotatable bonds is 4. The second-order valence-electron chi connectivity index (χ2n) is 7.81. The lowest BCUT2D eigenvalue weighted by atomic mass is 9.99. The molecule has 1 aliphatic carbocycles. The molecule has 0 amide bonds. The van der Waals surface area contributed by atoms with E-state index in [4.69, 9.17) is 11.5 Å². The summed E-state index contributed by atoms with van der Waals surface area (Å²) in [4.78, 5) is 25.7. The number of hydrogen-bond acceptors (Lipinski definition) is 5. The number of halogens is 3. The summed E-state index contributed by atoms with van der Waals surface area (Å²) in [6.45, 7) is 3.18. The summed E-state index contributed by atoms with van der Waals surface area (Å²) in [6.07, 6.45) is 2.59. The Hall–Kier alpha value is -2.39. The van der Waals surface area contributed by atoms with Crippen LogP contribution < -0.4 is 21.8 Å². The lowest BCUT2D eigenvalue weighted by Crippen LogP contribution is -2.27. The van der Waals surface area contributed by atoms with Gasteiger partial charge in [-0.05, 0) is 31.2 Å². The van der Waals surface area contributed by atoms with Gasteiger partial charge < -0.3 is 26.0 Å².